The van der Waals surface area contributed by atoms with Crippen molar-refractivity contribution >= 4 is 17.7 Å². The molecule has 0 aromatic carbocycles. The van der Waals surface area contributed by atoms with Crippen LogP contribution in [-0.4, -0.2) is 78.3 Å². The molecule has 2 amide bonds. The van der Waals surface area contributed by atoms with E-state index in [-0.39, 0.29) is 37.2 Å². The number of carbonyl (C=O) groups is 2. The number of ether oxygens (including phenoxy) is 1. The molecule has 0 aliphatic carbocycles. The van der Waals surface area contributed by atoms with Crippen LogP contribution in [0.25, 0.3) is 0 Å². The third-order valence-electron chi connectivity index (χ3n) is 4.84. The van der Waals surface area contributed by atoms with E-state index in [2.05, 4.69) is 4.99 Å². The lowest BCUT2D eigenvalue weighted by molar-refractivity contribution is -0.147. The van der Waals surface area contributed by atoms with Gasteiger partial charge in [0.15, 0.2) is 0 Å². The predicted molar refractivity (Wildman–Crippen MR) is 86.3 cm³/mol. The van der Waals surface area contributed by atoms with Crippen LogP contribution in [0.3, 0.4) is 0 Å². The first kappa shape index (κ1) is 18.0. The van der Waals surface area contributed by atoms with Gasteiger partial charge >= 0.3 is 0 Å². The number of carbonyl (C=O) groups excluding carboxylic acids is 2. The highest BCUT2D eigenvalue weighted by Crippen LogP contribution is 2.27. The maximum absolute atomic E-state index is 13.5. The molecule has 25 heavy (non-hydrogen) atoms. The molecule has 3 heterocycles. The fraction of sp³-hybridized carbons (Fsp3) is 0.812. The minimum absolute atomic E-state index is 0.0130. The number of nitrogens with two attached hydrogens (primary N) is 1. The molecule has 0 unspecified atom stereocenters. The zero-order valence-electron chi connectivity index (χ0n) is 14.1. The Morgan fingerprint density at radius 3 is 3.00 bits per heavy atom. The number of alkyl halides is 2. The molecule has 0 bridgehead atoms. The second-order valence-electron chi connectivity index (χ2n) is 6.91. The zero-order valence-corrected chi connectivity index (χ0v) is 14.1. The summed E-state index contributed by atoms with van der Waals surface area (Å²) in [5.41, 5.74) is 5.97. The minimum Gasteiger partial charge on any atom is -0.478 e. The molecule has 2 atom stereocenters. The Balaban J connectivity index is 1.54. The SMILES string of the molecule is N[C@@H](CC(=O)N1CCC[C@H]1C1=NCCO1)CN1CC(F)(F)CCC1=O. The maximum atomic E-state index is 13.5. The molecule has 0 spiro atoms. The Kier molecular flexibility index (Phi) is 5.21. The van der Waals surface area contributed by atoms with Gasteiger partial charge in [-0.1, -0.05) is 0 Å². The van der Waals surface area contributed by atoms with Gasteiger partial charge in [-0.25, -0.2) is 8.78 Å². The molecule has 140 valence electrons. The van der Waals surface area contributed by atoms with Crippen molar-refractivity contribution in [1.29, 1.82) is 0 Å². The molecule has 9 heteroatoms. The number of hydrogen-bond acceptors (Lipinski definition) is 5. The average molecular weight is 358 g/mol. The predicted octanol–water partition coefficient (Wildman–Crippen LogP) is 0.381. The molecule has 0 aromatic rings. The van der Waals surface area contributed by atoms with E-state index in [0.717, 1.165) is 17.7 Å². The first-order valence-corrected chi connectivity index (χ1v) is 8.73. The summed E-state index contributed by atoms with van der Waals surface area (Å²) in [5, 5.41) is 0. The van der Waals surface area contributed by atoms with Crippen molar-refractivity contribution in [2.75, 3.05) is 32.8 Å². The second kappa shape index (κ2) is 7.23. The largest absolute Gasteiger partial charge is 0.478 e. The summed E-state index contributed by atoms with van der Waals surface area (Å²) in [4.78, 5) is 31.4. The summed E-state index contributed by atoms with van der Waals surface area (Å²) in [7, 11) is 0. The van der Waals surface area contributed by atoms with Gasteiger partial charge in [-0.05, 0) is 12.8 Å². The lowest BCUT2D eigenvalue weighted by Crippen LogP contribution is -2.51. The number of likely N-dealkylation sites (tertiary alicyclic amines) is 2. The third-order valence-corrected chi connectivity index (χ3v) is 4.84. The second-order valence-corrected chi connectivity index (χ2v) is 6.91. The number of halogens is 2. The topological polar surface area (TPSA) is 88.2 Å². The molecule has 3 aliphatic rings. The van der Waals surface area contributed by atoms with Crippen LogP contribution in [0.1, 0.15) is 32.1 Å². The number of hydrogen-bond donors (Lipinski definition) is 1. The monoisotopic (exact) mass is 358 g/mol. The van der Waals surface area contributed by atoms with Gasteiger partial charge in [0.05, 0.1) is 13.1 Å². The molecule has 0 aromatic heterocycles. The lowest BCUT2D eigenvalue weighted by Gasteiger charge is -2.34. The van der Waals surface area contributed by atoms with Gasteiger partial charge in [-0.3, -0.25) is 14.6 Å². The van der Waals surface area contributed by atoms with Crippen molar-refractivity contribution in [2.24, 2.45) is 10.7 Å². The van der Waals surface area contributed by atoms with E-state index in [4.69, 9.17) is 10.5 Å². The maximum Gasteiger partial charge on any atom is 0.265 e. The van der Waals surface area contributed by atoms with Crippen LogP contribution in [0.5, 0.6) is 0 Å². The summed E-state index contributed by atoms with van der Waals surface area (Å²) in [5.74, 6) is -2.76. The van der Waals surface area contributed by atoms with E-state index in [9.17, 15) is 18.4 Å². The standard InChI is InChI=1S/C16H24F2N4O3/c17-16(18)4-3-13(23)21(10-16)9-11(19)8-14(24)22-6-1-2-12(22)15-20-5-7-25-15/h11-12H,1-10,19H2/t11-,12-/m0/s1. The van der Waals surface area contributed by atoms with Crippen molar-refractivity contribution in [3.8, 4) is 0 Å². The van der Waals surface area contributed by atoms with Crippen LogP contribution in [0.15, 0.2) is 4.99 Å². The van der Waals surface area contributed by atoms with Gasteiger partial charge in [0, 0.05) is 38.4 Å². The molecular weight excluding hydrogens is 334 g/mol. The Morgan fingerprint density at radius 1 is 1.48 bits per heavy atom. The summed E-state index contributed by atoms with van der Waals surface area (Å²) >= 11 is 0. The van der Waals surface area contributed by atoms with E-state index in [1.807, 2.05) is 0 Å². The van der Waals surface area contributed by atoms with Gasteiger partial charge in [0.2, 0.25) is 17.7 Å². The zero-order chi connectivity index (χ0) is 18.0. The number of rotatable bonds is 5. The van der Waals surface area contributed by atoms with Gasteiger partial charge in [-0.2, -0.15) is 0 Å². The number of piperidine rings is 1. The van der Waals surface area contributed by atoms with Crippen LogP contribution in [0.4, 0.5) is 8.78 Å². The summed E-state index contributed by atoms with van der Waals surface area (Å²) in [6.45, 7) is 1.11. The van der Waals surface area contributed by atoms with E-state index in [0.29, 0.717) is 25.6 Å². The Morgan fingerprint density at radius 2 is 2.28 bits per heavy atom. The van der Waals surface area contributed by atoms with Gasteiger partial charge in [0.25, 0.3) is 5.92 Å². The molecule has 0 saturated carbocycles. The Bertz CT molecular complexity index is 570. The lowest BCUT2D eigenvalue weighted by atomic mass is 10.0. The van der Waals surface area contributed by atoms with Crippen LogP contribution in [-0.2, 0) is 14.3 Å². The normalized spacial score (nSPS) is 27.2. The first-order chi connectivity index (χ1) is 11.9. The molecule has 7 nitrogen and oxygen atoms in total. The molecule has 2 fully saturated rings. The van der Waals surface area contributed by atoms with E-state index < -0.39 is 24.9 Å². The molecule has 0 radical (unpaired) electrons. The molecule has 3 rings (SSSR count). The van der Waals surface area contributed by atoms with Crippen molar-refractivity contribution < 1.29 is 23.1 Å². The van der Waals surface area contributed by atoms with Crippen molar-refractivity contribution in [3.63, 3.8) is 0 Å². The fourth-order valence-electron chi connectivity index (χ4n) is 3.63. The Hall–Kier alpha value is -1.77. The fourth-order valence-corrected chi connectivity index (χ4v) is 3.63. The quantitative estimate of drug-likeness (QED) is 0.770. The van der Waals surface area contributed by atoms with Gasteiger partial charge in [0.1, 0.15) is 12.6 Å². The van der Waals surface area contributed by atoms with Crippen molar-refractivity contribution in [3.05, 3.63) is 0 Å². The Labute approximate surface area is 145 Å². The van der Waals surface area contributed by atoms with E-state index in [1.54, 1.807) is 4.90 Å². The highest BCUT2D eigenvalue weighted by atomic mass is 19.3. The number of amides is 2. The van der Waals surface area contributed by atoms with Crippen LogP contribution in [0, 0.1) is 0 Å². The summed E-state index contributed by atoms with van der Waals surface area (Å²) in [6.07, 6.45) is 1.08. The van der Waals surface area contributed by atoms with Gasteiger partial charge < -0.3 is 20.3 Å². The number of aliphatic imine (C=N–C) groups is 1. The van der Waals surface area contributed by atoms with Crippen LogP contribution in [0.2, 0.25) is 0 Å². The first-order valence-electron chi connectivity index (χ1n) is 8.73. The summed E-state index contributed by atoms with van der Waals surface area (Å²) < 4.78 is 32.4. The smallest absolute Gasteiger partial charge is 0.265 e. The molecule has 2 N–H and O–H groups in total. The van der Waals surface area contributed by atoms with Gasteiger partial charge in [-0.15, -0.1) is 0 Å². The third kappa shape index (κ3) is 4.26. The van der Waals surface area contributed by atoms with Crippen molar-refractivity contribution in [1.82, 2.24) is 9.80 Å². The van der Waals surface area contributed by atoms with E-state index >= 15 is 0 Å². The van der Waals surface area contributed by atoms with Crippen molar-refractivity contribution in [2.45, 2.75) is 50.1 Å². The number of nitrogens with zero attached hydrogens (tertiary/aromatic N) is 3. The average Bonchev–Trinajstić information content (AvgIpc) is 3.20. The highest BCUT2D eigenvalue weighted by Gasteiger charge is 2.40. The summed E-state index contributed by atoms with van der Waals surface area (Å²) in [6, 6.07) is -0.818. The minimum atomic E-state index is -2.88. The highest BCUT2D eigenvalue weighted by molar-refractivity contribution is 5.89. The van der Waals surface area contributed by atoms with Crippen LogP contribution < -0.4 is 5.73 Å². The molecular formula is C16H24F2N4O3. The molecule has 3 aliphatic heterocycles. The van der Waals surface area contributed by atoms with E-state index in [1.165, 1.54) is 0 Å². The molecule has 2 saturated heterocycles. The van der Waals surface area contributed by atoms with Crippen LogP contribution >= 0.6 is 0 Å².